The lowest BCUT2D eigenvalue weighted by Gasteiger charge is -2.27. The summed E-state index contributed by atoms with van der Waals surface area (Å²) < 4.78 is 122. The first-order valence-electron chi connectivity index (χ1n) is 11.9. The number of hydrogen-bond donors (Lipinski definition) is 1. The van der Waals surface area contributed by atoms with Crippen LogP contribution in [0.2, 0.25) is 0 Å². The summed E-state index contributed by atoms with van der Waals surface area (Å²) >= 11 is 0. The Morgan fingerprint density at radius 3 is 2.41 bits per heavy atom. The summed E-state index contributed by atoms with van der Waals surface area (Å²) in [6.45, 7) is -0.954. The number of carbonyl (C=O) groups excluding carboxylic acids is 1. The fourth-order valence-electron chi connectivity index (χ4n) is 4.09. The Kier molecular flexibility index (Phi) is 8.45. The Balaban J connectivity index is 1.84. The molecule has 1 fully saturated rings. The Morgan fingerprint density at radius 1 is 1.10 bits per heavy atom. The molecule has 3 aromatic rings. The third kappa shape index (κ3) is 6.22. The lowest BCUT2D eigenvalue weighted by Crippen LogP contribution is -2.46. The number of hydrogen-bond acceptors (Lipinski definition) is 7. The first kappa shape index (κ1) is 30.4. The molecule has 1 saturated heterocycles. The Bertz CT molecular complexity index is 1660. The first-order chi connectivity index (χ1) is 19.2. The molecule has 2 heterocycles. The van der Waals surface area contributed by atoms with E-state index < -0.39 is 68.0 Å². The first-order valence-corrected chi connectivity index (χ1v) is 14.7. The summed E-state index contributed by atoms with van der Waals surface area (Å²) in [6.07, 6.45) is -6.29. The highest BCUT2D eigenvalue weighted by Crippen LogP contribution is 2.32. The predicted molar refractivity (Wildman–Crippen MR) is 136 cm³/mol. The Morgan fingerprint density at radius 2 is 1.80 bits per heavy atom. The zero-order valence-electron chi connectivity index (χ0n) is 21.2. The maximum absolute atomic E-state index is 14.7. The quantitative estimate of drug-likeness (QED) is 0.287. The number of benzene rings is 2. The summed E-state index contributed by atoms with van der Waals surface area (Å²) in [5.74, 6) is -3.64. The number of alkyl halides is 4. The van der Waals surface area contributed by atoms with E-state index in [2.05, 4.69) is 10.2 Å². The fourth-order valence-corrected chi connectivity index (χ4v) is 6.96. The number of anilines is 1. The normalized spacial score (nSPS) is 16.6. The van der Waals surface area contributed by atoms with Crippen LogP contribution in [0.15, 0.2) is 65.7 Å². The molecular weight excluding hydrogens is 599 g/mol. The van der Waals surface area contributed by atoms with Crippen LogP contribution < -0.4 is 9.79 Å². The van der Waals surface area contributed by atoms with Crippen molar-refractivity contribution < 1.29 is 48.4 Å². The maximum Gasteiger partial charge on any atom is 0.493 e. The third-order valence-corrected chi connectivity index (χ3v) is 9.34. The van der Waals surface area contributed by atoms with E-state index in [1.165, 1.54) is 30.5 Å². The molecule has 0 saturated carbocycles. The van der Waals surface area contributed by atoms with E-state index in [1.807, 2.05) is 0 Å². The summed E-state index contributed by atoms with van der Waals surface area (Å²) in [7, 11) is -8.16. The Hall–Kier alpha value is -3.54. The minimum atomic E-state index is -5.62. The van der Waals surface area contributed by atoms with Gasteiger partial charge in [0.2, 0.25) is 0 Å². The highest BCUT2D eigenvalue weighted by atomic mass is 32.2. The van der Waals surface area contributed by atoms with Crippen LogP contribution in [0.5, 0.6) is 0 Å². The zero-order chi connectivity index (χ0) is 30.2. The van der Waals surface area contributed by atoms with Crippen molar-refractivity contribution >= 4 is 31.9 Å². The van der Waals surface area contributed by atoms with E-state index in [4.69, 9.17) is 0 Å². The van der Waals surface area contributed by atoms with Crippen LogP contribution >= 0.6 is 0 Å². The van der Waals surface area contributed by atoms with Gasteiger partial charge in [-0.3, -0.25) is 0 Å². The minimum absolute atomic E-state index is 0.0762. The van der Waals surface area contributed by atoms with Crippen molar-refractivity contribution in [3.63, 3.8) is 0 Å². The molecule has 1 aliphatic heterocycles. The molecule has 1 atom stereocenters. The van der Waals surface area contributed by atoms with Crippen molar-refractivity contribution in [2.75, 3.05) is 24.6 Å². The largest absolute Gasteiger partial charge is 0.493 e. The fraction of sp³-hybridized carbons (Fsp3) is 0.292. The van der Waals surface area contributed by atoms with Crippen molar-refractivity contribution in [1.29, 1.82) is 0 Å². The lowest BCUT2D eigenvalue weighted by molar-refractivity contribution is -0.199. The van der Waals surface area contributed by atoms with Gasteiger partial charge in [0, 0.05) is 31.4 Å². The molecule has 0 unspecified atom stereocenters. The van der Waals surface area contributed by atoms with Gasteiger partial charge in [-0.05, 0) is 55.4 Å². The number of aromatic nitrogens is 1. The molecule has 0 spiro atoms. The minimum Gasteiger partial charge on any atom is -0.316 e. The maximum atomic E-state index is 14.7. The topological polar surface area (TPSA) is 118 Å². The molecule has 0 aliphatic carbocycles. The van der Waals surface area contributed by atoms with Gasteiger partial charge >= 0.3 is 22.4 Å². The molecule has 2 aromatic carbocycles. The standard InChI is InChI=1S/C24H23F5N4O6S2/c1-30-13-16-11-22(20-7-2-3-8-21(20)26)32(14-16)40(35,36)19-6-4-5-18(12-19)33(39-23(34)24(27,28)29)41(37,38)31-10-9-17(25)15-31/h2-8,11-12,14,17,30H,9-10,13,15H2,1H3/t17-/m0/s1. The molecule has 222 valence electrons. The molecule has 10 nitrogen and oxygen atoms in total. The van der Waals surface area contributed by atoms with Crippen LogP contribution in [0.25, 0.3) is 11.3 Å². The van der Waals surface area contributed by atoms with Crippen LogP contribution in [0, 0.1) is 5.82 Å². The van der Waals surface area contributed by atoms with E-state index in [0.717, 1.165) is 28.2 Å². The molecule has 1 N–H and O–H groups in total. The number of nitrogens with zero attached hydrogens (tertiary/aromatic N) is 3. The smallest absolute Gasteiger partial charge is 0.316 e. The average molecular weight is 623 g/mol. The van der Waals surface area contributed by atoms with Gasteiger partial charge in [0.1, 0.15) is 12.0 Å². The van der Waals surface area contributed by atoms with Gasteiger partial charge < -0.3 is 10.2 Å². The van der Waals surface area contributed by atoms with Gasteiger partial charge in [0.15, 0.2) is 0 Å². The molecule has 0 bridgehead atoms. The molecule has 0 radical (unpaired) electrons. The van der Waals surface area contributed by atoms with Gasteiger partial charge in [-0.15, -0.1) is 0 Å². The summed E-state index contributed by atoms with van der Waals surface area (Å²) in [5, 5.41) is 2.84. The molecule has 1 aromatic heterocycles. The van der Waals surface area contributed by atoms with E-state index in [1.54, 1.807) is 7.05 Å². The summed E-state index contributed by atoms with van der Waals surface area (Å²) in [6, 6.07) is 10.4. The molecule has 17 heteroatoms. The number of halogens is 5. The second-order valence-corrected chi connectivity index (χ2v) is 12.5. The van der Waals surface area contributed by atoms with Gasteiger partial charge in [0.25, 0.3) is 10.0 Å². The van der Waals surface area contributed by atoms with Gasteiger partial charge in [-0.2, -0.15) is 25.9 Å². The summed E-state index contributed by atoms with van der Waals surface area (Å²) in [5.41, 5.74) is -0.518. The molecule has 1 aliphatic rings. The monoisotopic (exact) mass is 622 g/mol. The van der Waals surface area contributed by atoms with Crippen LogP contribution in [-0.4, -0.2) is 63.6 Å². The average Bonchev–Trinajstić information content (AvgIpc) is 3.54. The Labute approximate surface area is 232 Å². The number of nitrogens with one attached hydrogen (secondary N) is 1. The zero-order valence-corrected chi connectivity index (χ0v) is 22.8. The molecule has 41 heavy (non-hydrogen) atoms. The third-order valence-electron chi connectivity index (χ3n) is 5.99. The van der Waals surface area contributed by atoms with Crippen molar-refractivity contribution in [3.05, 3.63) is 72.2 Å². The van der Waals surface area contributed by atoms with Crippen molar-refractivity contribution in [3.8, 4) is 11.3 Å². The van der Waals surface area contributed by atoms with Crippen LogP contribution in [0.4, 0.5) is 27.6 Å². The second-order valence-electron chi connectivity index (χ2n) is 8.90. The number of carbonyl (C=O) groups is 1. The van der Waals surface area contributed by atoms with Crippen molar-refractivity contribution in [1.82, 2.24) is 13.6 Å². The second kappa shape index (κ2) is 11.4. The highest BCUT2D eigenvalue weighted by Gasteiger charge is 2.46. The van der Waals surface area contributed by atoms with E-state index in [0.29, 0.717) is 15.9 Å². The van der Waals surface area contributed by atoms with E-state index in [-0.39, 0.29) is 28.7 Å². The van der Waals surface area contributed by atoms with E-state index >= 15 is 0 Å². The van der Waals surface area contributed by atoms with Crippen LogP contribution in [-0.2, 0) is 36.4 Å². The highest BCUT2D eigenvalue weighted by molar-refractivity contribution is 7.90. The van der Waals surface area contributed by atoms with Crippen molar-refractivity contribution in [2.45, 2.75) is 30.2 Å². The number of rotatable bonds is 9. The predicted octanol–water partition coefficient (Wildman–Crippen LogP) is 3.37. The molecule has 4 rings (SSSR count). The van der Waals surface area contributed by atoms with Gasteiger partial charge in [0.05, 0.1) is 16.3 Å². The van der Waals surface area contributed by atoms with Crippen molar-refractivity contribution in [2.24, 2.45) is 0 Å². The van der Waals surface area contributed by atoms with Gasteiger partial charge in [-0.1, -0.05) is 22.7 Å². The van der Waals surface area contributed by atoms with Gasteiger partial charge in [-0.25, -0.2) is 26.0 Å². The van der Waals surface area contributed by atoms with E-state index in [9.17, 15) is 43.6 Å². The van der Waals surface area contributed by atoms with Crippen LogP contribution in [0.3, 0.4) is 0 Å². The molecular formula is C24H23F5N4O6S2. The SMILES string of the molecule is CNCc1cc(-c2ccccc2F)n(S(=O)(=O)c2cccc(N(OC(=O)C(F)(F)F)S(=O)(=O)N3CC[C@H](F)C3)c2)c1. The lowest BCUT2D eigenvalue weighted by atomic mass is 10.1. The molecule has 0 amide bonds. The summed E-state index contributed by atoms with van der Waals surface area (Å²) in [4.78, 5) is 15.2. The van der Waals surface area contributed by atoms with Crippen LogP contribution in [0.1, 0.15) is 12.0 Å².